The molecule has 6 nitrogen and oxygen atoms in total. The van der Waals surface area contributed by atoms with Crippen LogP contribution in [0.3, 0.4) is 0 Å². The van der Waals surface area contributed by atoms with Crippen molar-refractivity contribution in [2.24, 2.45) is 5.14 Å². The van der Waals surface area contributed by atoms with Crippen molar-refractivity contribution in [3.63, 3.8) is 0 Å². The minimum Gasteiger partial charge on any atom is -0.326 e. The van der Waals surface area contributed by atoms with E-state index in [9.17, 15) is 13.2 Å². The number of nitrogens with two attached hydrogens (primary N) is 1. The summed E-state index contributed by atoms with van der Waals surface area (Å²) in [4.78, 5) is 10.7. The molecule has 3 N–H and O–H groups in total. The molecule has 0 radical (unpaired) electrons. The van der Waals surface area contributed by atoms with Crippen LogP contribution in [0.2, 0.25) is 0 Å². The number of carbonyl (C=O) groups is 1. The molecule has 16 heavy (non-hydrogen) atoms. The van der Waals surface area contributed by atoms with Gasteiger partial charge in [0.05, 0.1) is 6.61 Å². The summed E-state index contributed by atoms with van der Waals surface area (Å²) >= 11 is 0. The predicted octanol–water partition coefficient (Wildman–Crippen LogP) is 0.365. The van der Waals surface area contributed by atoms with E-state index in [1.807, 2.05) is 0 Å². The first kappa shape index (κ1) is 12.6. The number of anilines is 1. The Morgan fingerprint density at radius 3 is 2.38 bits per heavy atom. The third-order valence-corrected chi connectivity index (χ3v) is 2.11. The Balaban J connectivity index is 2.61. The normalized spacial score (nSPS) is 11.1. The van der Waals surface area contributed by atoms with Crippen LogP contribution >= 0.6 is 0 Å². The van der Waals surface area contributed by atoms with E-state index in [2.05, 4.69) is 14.6 Å². The highest BCUT2D eigenvalue weighted by Gasteiger charge is 2.03. The molecule has 88 valence electrons. The number of hydrogen-bond donors (Lipinski definition) is 2. The van der Waals surface area contributed by atoms with Crippen LogP contribution in [0.5, 0.6) is 0 Å². The van der Waals surface area contributed by atoms with Crippen LogP contribution < -0.4 is 10.5 Å². The number of rotatable bonds is 4. The highest BCUT2D eigenvalue weighted by atomic mass is 32.2. The summed E-state index contributed by atoms with van der Waals surface area (Å²) in [6, 6.07) is 6.55. The summed E-state index contributed by atoms with van der Waals surface area (Å²) in [7, 11) is -3.92. The Kier molecular flexibility index (Phi) is 3.99. The van der Waals surface area contributed by atoms with Gasteiger partial charge >= 0.3 is 10.3 Å². The Labute approximate surface area is 93.7 Å². The van der Waals surface area contributed by atoms with E-state index in [4.69, 9.17) is 0 Å². The third kappa shape index (κ3) is 4.87. The second kappa shape index (κ2) is 5.06. The summed E-state index contributed by atoms with van der Waals surface area (Å²) in [5, 5.41) is 7.25. The molecule has 0 aliphatic heterocycles. The van der Waals surface area contributed by atoms with Crippen molar-refractivity contribution in [2.45, 2.75) is 13.5 Å². The van der Waals surface area contributed by atoms with Gasteiger partial charge < -0.3 is 5.32 Å². The van der Waals surface area contributed by atoms with Gasteiger partial charge in [0.15, 0.2) is 0 Å². The highest BCUT2D eigenvalue weighted by molar-refractivity contribution is 7.84. The summed E-state index contributed by atoms with van der Waals surface area (Å²) in [5.41, 5.74) is 1.27. The van der Waals surface area contributed by atoms with Gasteiger partial charge in [-0.3, -0.25) is 8.98 Å². The summed E-state index contributed by atoms with van der Waals surface area (Å²) in [5.74, 6) is -0.173. The van der Waals surface area contributed by atoms with Crippen molar-refractivity contribution < 1.29 is 17.4 Å². The standard InChI is InChI=1S/C9H12N2O4S/c1-7(12)11-9-4-2-8(3-5-9)6-15-16(10,13)14/h2-5H,6H2,1H3,(H,11,12)(H2,10,13,14). The maximum atomic E-state index is 10.7. The van der Waals surface area contributed by atoms with Crippen LogP contribution in [0.4, 0.5) is 5.69 Å². The predicted molar refractivity (Wildman–Crippen MR) is 58.6 cm³/mol. The second-order valence-corrected chi connectivity index (χ2v) is 4.35. The molecule has 0 spiro atoms. The van der Waals surface area contributed by atoms with Crippen molar-refractivity contribution in [3.05, 3.63) is 29.8 Å². The third-order valence-electron chi connectivity index (χ3n) is 1.66. The summed E-state index contributed by atoms with van der Waals surface area (Å²) in [6.45, 7) is 1.28. The molecular weight excluding hydrogens is 232 g/mol. The molecule has 0 aromatic heterocycles. The Hall–Kier alpha value is -1.44. The maximum absolute atomic E-state index is 10.7. The molecule has 0 atom stereocenters. The molecular formula is C9H12N2O4S. The molecule has 0 bridgehead atoms. The lowest BCUT2D eigenvalue weighted by Gasteiger charge is -2.04. The number of hydrogen-bond acceptors (Lipinski definition) is 4. The minimum atomic E-state index is -3.92. The first-order chi connectivity index (χ1) is 7.37. The molecule has 0 aliphatic rings. The minimum absolute atomic E-state index is 0.126. The van der Waals surface area contributed by atoms with Crippen LogP contribution in [0.1, 0.15) is 12.5 Å². The average molecular weight is 244 g/mol. The Bertz CT molecular complexity index is 467. The van der Waals surface area contributed by atoms with Crippen LogP contribution in [0, 0.1) is 0 Å². The summed E-state index contributed by atoms with van der Waals surface area (Å²) < 4.78 is 25.4. The average Bonchev–Trinajstić information content (AvgIpc) is 2.14. The molecule has 1 aromatic rings. The first-order valence-electron chi connectivity index (χ1n) is 4.40. The van der Waals surface area contributed by atoms with Gasteiger partial charge in [0.2, 0.25) is 5.91 Å². The van der Waals surface area contributed by atoms with E-state index in [1.54, 1.807) is 24.3 Å². The van der Waals surface area contributed by atoms with E-state index in [-0.39, 0.29) is 12.5 Å². The fourth-order valence-electron chi connectivity index (χ4n) is 1.04. The largest absolute Gasteiger partial charge is 0.333 e. The number of carbonyl (C=O) groups excluding carboxylic acids is 1. The lowest BCUT2D eigenvalue weighted by molar-refractivity contribution is -0.114. The van der Waals surface area contributed by atoms with Crippen LogP contribution in [-0.4, -0.2) is 14.3 Å². The van der Waals surface area contributed by atoms with Gasteiger partial charge in [0.25, 0.3) is 0 Å². The SMILES string of the molecule is CC(=O)Nc1ccc(COS(N)(=O)=O)cc1. The van der Waals surface area contributed by atoms with Gasteiger partial charge in [0, 0.05) is 12.6 Å². The van der Waals surface area contributed by atoms with Gasteiger partial charge in [-0.2, -0.15) is 8.42 Å². The van der Waals surface area contributed by atoms with Crippen molar-refractivity contribution in [2.75, 3.05) is 5.32 Å². The van der Waals surface area contributed by atoms with Gasteiger partial charge in [-0.05, 0) is 17.7 Å². The molecule has 1 amide bonds. The number of benzene rings is 1. The van der Waals surface area contributed by atoms with E-state index < -0.39 is 10.3 Å². The first-order valence-corrected chi connectivity index (χ1v) is 5.87. The topological polar surface area (TPSA) is 98.5 Å². The molecule has 0 saturated heterocycles. The highest BCUT2D eigenvalue weighted by Crippen LogP contribution is 2.10. The molecule has 0 fully saturated rings. The number of amides is 1. The fourth-order valence-corrected chi connectivity index (χ4v) is 1.34. The van der Waals surface area contributed by atoms with E-state index >= 15 is 0 Å². The van der Waals surface area contributed by atoms with Crippen molar-refractivity contribution in [1.82, 2.24) is 0 Å². The quantitative estimate of drug-likeness (QED) is 0.799. The van der Waals surface area contributed by atoms with Crippen molar-refractivity contribution in [1.29, 1.82) is 0 Å². The van der Waals surface area contributed by atoms with Gasteiger partial charge in [-0.1, -0.05) is 12.1 Å². The fraction of sp³-hybridized carbons (Fsp3) is 0.222. The van der Waals surface area contributed by atoms with E-state index in [0.29, 0.717) is 11.3 Å². The molecule has 1 rings (SSSR count). The van der Waals surface area contributed by atoms with Gasteiger partial charge in [0.1, 0.15) is 0 Å². The molecule has 1 aromatic carbocycles. The lowest BCUT2D eigenvalue weighted by Crippen LogP contribution is -2.15. The molecule has 0 aliphatic carbocycles. The van der Waals surface area contributed by atoms with Gasteiger partial charge in [-0.25, -0.2) is 5.14 Å². The Morgan fingerprint density at radius 1 is 1.38 bits per heavy atom. The van der Waals surface area contributed by atoms with Crippen LogP contribution in [0.25, 0.3) is 0 Å². The summed E-state index contributed by atoms with van der Waals surface area (Å²) in [6.07, 6.45) is 0. The Morgan fingerprint density at radius 2 is 1.94 bits per heavy atom. The zero-order valence-corrected chi connectivity index (χ0v) is 9.45. The van der Waals surface area contributed by atoms with Crippen molar-refractivity contribution in [3.8, 4) is 0 Å². The number of nitrogens with one attached hydrogen (secondary N) is 1. The monoisotopic (exact) mass is 244 g/mol. The molecule has 0 unspecified atom stereocenters. The van der Waals surface area contributed by atoms with E-state index in [1.165, 1.54) is 6.92 Å². The van der Waals surface area contributed by atoms with E-state index in [0.717, 1.165) is 0 Å². The van der Waals surface area contributed by atoms with Crippen LogP contribution in [-0.2, 0) is 25.9 Å². The van der Waals surface area contributed by atoms with Crippen LogP contribution in [0.15, 0.2) is 24.3 Å². The lowest BCUT2D eigenvalue weighted by atomic mass is 10.2. The molecule has 0 heterocycles. The van der Waals surface area contributed by atoms with Gasteiger partial charge in [-0.15, -0.1) is 0 Å². The zero-order chi connectivity index (χ0) is 12.2. The molecule has 0 saturated carbocycles. The smallest absolute Gasteiger partial charge is 0.326 e. The second-order valence-electron chi connectivity index (χ2n) is 3.13. The maximum Gasteiger partial charge on any atom is 0.333 e. The zero-order valence-electron chi connectivity index (χ0n) is 8.64. The molecule has 7 heteroatoms. The van der Waals surface area contributed by atoms with Crippen molar-refractivity contribution >= 4 is 21.9 Å².